The summed E-state index contributed by atoms with van der Waals surface area (Å²) in [7, 11) is 0. The quantitative estimate of drug-likeness (QED) is 0.434. The Bertz CT molecular complexity index is 1140. The SMILES string of the molecule is O=C1CC(c2ccccc2)c2ccccc2CN1c1cccc2ccccc12. The maximum atomic E-state index is 13.4. The fourth-order valence-corrected chi connectivity index (χ4v) is 4.32. The predicted octanol–water partition coefficient (Wildman–Crippen LogP) is 5.91. The predicted molar refractivity (Wildman–Crippen MR) is 114 cm³/mol. The van der Waals surface area contributed by atoms with Crippen molar-refractivity contribution in [3.05, 3.63) is 114 Å². The van der Waals surface area contributed by atoms with Gasteiger partial charge in [0.1, 0.15) is 0 Å². The number of fused-ring (bicyclic) bond motifs is 2. The normalized spacial score (nSPS) is 16.6. The largest absolute Gasteiger partial charge is 0.307 e. The second-order valence-corrected chi connectivity index (χ2v) is 7.34. The molecule has 0 aromatic heterocycles. The molecule has 136 valence electrons. The highest BCUT2D eigenvalue weighted by Crippen LogP contribution is 2.37. The van der Waals surface area contributed by atoms with Crippen LogP contribution in [0, 0.1) is 0 Å². The number of benzene rings is 4. The van der Waals surface area contributed by atoms with Gasteiger partial charge in [0.25, 0.3) is 0 Å². The van der Waals surface area contributed by atoms with Crippen molar-refractivity contribution in [1.29, 1.82) is 0 Å². The van der Waals surface area contributed by atoms with Crippen LogP contribution in [0.5, 0.6) is 0 Å². The van der Waals surface area contributed by atoms with Gasteiger partial charge in [-0.1, -0.05) is 91.0 Å². The number of hydrogen-bond donors (Lipinski definition) is 0. The molecule has 0 spiro atoms. The molecule has 0 radical (unpaired) electrons. The molecule has 0 saturated carbocycles. The summed E-state index contributed by atoms with van der Waals surface area (Å²) in [5.41, 5.74) is 4.66. The average Bonchev–Trinajstić information content (AvgIpc) is 2.91. The van der Waals surface area contributed by atoms with E-state index in [9.17, 15) is 4.79 Å². The van der Waals surface area contributed by atoms with Crippen LogP contribution in [0.4, 0.5) is 5.69 Å². The highest BCUT2D eigenvalue weighted by molar-refractivity contribution is 6.04. The van der Waals surface area contributed by atoms with Crippen molar-refractivity contribution in [2.24, 2.45) is 0 Å². The van der Waals surface area contributed by atoms with E-state index >= 15 is 0 Å². The van der Waals surface area contributed by atoms with Crippen LogP contribution in [0.15, 0.2) is 97.1 Å². The first kappa shape index (κ1) is 16.8. The Balaban J connectivity index is 1.65. The Hall–Kier alpha value is -3.39. The topological polar surface area (TPSA) is 20.3 Å². The zero-order valence-electron chi connectivity index (χ0n) is 15.6. The first-order chi connectivity index (χ1) is 13.8. The fraction of sp³-hybridized carbons (Fsp3) is 0.115. The minimum Gasteiger partial charge on any atom is -0.307 e. The summed E-state index contributed by atoms with van der Waals surface area (Å²) in [4.78, 5) is 15.4. The molecule has 0 fully saturated rings. The molecule has 2 nitrogen and oxygen atoms in total. The van der Waals surface area contributed by atoms with Crippen molar-refractivity contribution in [2.45, 2.75) is 18.9 Å². The number of rotatable bonds is 2. The van der Waals surface area contributed by atoms with E-state index < -0.39 is 0 Å². The van der Waals surface area contributed by atoms with Gasteiger partial charge >= 0.3 is 0 Å². The van der Waals surface area contributed by atoms with Crippen molar-refractivity contribution < 1.29 is 4.79 Å². The lowest BCUT2D eigenvalue weighted by Crippen LogP contribution is -2.29. The van der Waals surface area contributed by atoms with Gasteiger partial charge in [0.2, 0.25) is 5.91 Å². The van der Waals surface area contributed by atoms with Crippen LogP contribution in [-0.4, -0.2) is 5.91 Å². The first-order valence-corrected chi connectivity index (χ1v) is 9.72. The molecule has 0 N–H and O–H groups in total. The van der Waals surface area contributed by atoms with Gasteiger partial charge in [-0.05, 0) is 28.1 Å². The van der Waals surface area contributed by atoms with Gasteiger partial charge in [-0.3, -0.25) is 4.79 Å². The van der Waals surface area contributed by atoms with Crippen LogP contribution in [0.2, 0.25) is 0 Å². The monoisotopic (exact) mass is 363 g/mol. The van der Waals surface area contributed by atoms with Crippen molar-refractivity contribution >= 4 is 22.4 Å². The zero-order chi connectivity index (χ0) is 18.9. The number of carbonyl (C=O) groups is 1. The summed E-state index contributed by atoms with van der Waals surface area (Å²) < 4.78 is 0. The number of hydrogen-bond acceptors (Lipinski definition) is 1. The molecule has 1 aliphatic rings. The summed E-state index contributed by atoms with van der Waals surface area (Å²) in [6.07, 6.45) is 0.476. The summed E-state index contributed by atoms with van der Waals surface area (Å²) >= 11 is 0. The summed E-state index contributed by atoms with van der Waals surface area (Å²) in [6.45, 7) is 0.604. The third-order valence-corrected chi connectivity index (χ3v) is 5.70. The molecule has 2 heteroatoms. The van der Waals surface area contributed by atoms with Crippen LogP contribution < -0.4 is 4.90 Å². The smallest absolute Gasteiger partial charge is 0.228 e. The van der Waals surface area contributed by atoms with Crippen LogP contribution in [0.25, 0.3) is 10.8 Å². The van der Waals surface area contributed by atoms with Gasteiger partial charge in [-0.25, -0.2) is 0 Å². The fourth-order valence-electron chi connectivity index (χ4n) is 4.32. The Morgan fingerprint density at radius 2 is 1.43 bits per heavy atom. The summed E-state index contributed by atoms with van der Waals surface area (Å²) in [5.74, 6) is 0.256. The number of amides is 1. The molecule has 0 bridgehead atoms. The minimum atomic E-state index is 0.0878. The maximum absolute atomic E-state index is 13.4. The molecule has 5 rings (SSSR count). The minimum absolute atomic E-state index is 0.0878. The van der Waals surface area contributed by atoms with E-state index in [-0.39, 0.29) is 11.8 Å². The van der Waals surface area contributed by atoms with E-state index in [1.165, 1.54) is 16.7 Å². The Kier molecular flexibility index (Phi) is 4.17. The van der Waals surface area contributed by atoms with E-state index in [1.54, 1.807) is 0 Å². The highest BCUT2D eigenvalue weighted by atomic mass is 16.2. The van der Waals surface area contributed by atoms with E-state index in [1.807, 2.05) is 29.2 Å². The molecule has 1 atom stereocenters. The third kappa shape index (κ3) is 2.87. The molecule has 1 amide bonds. The second kappa shape index (κ2) is 6.97. The first-order valence-electron chi connectivity index (χ1n) is 9.72. The van der Waals surface area contributed by atoms with Crippen LogP contribution in [-0.2, 0) is 11.3 Å². The molecule has 4 aromatic rings. The molecule has 1 unspecified atom stereocenters. The van der Waals surface area contributed by atoms with Gasteiger partial charge in [-0.15, -0.1) is 0 Å². The van der Waals surface area contributed by atoms with Crippen LogP contribution >= 0.6 is 0 Å². The second-order valence-electron chi connectivity index (χ2n) is 7.34. The molecular formula is C26H21NO. The van der Waals surface area contributed by atoms with E-state index in [0.717, 1.165) is 16.5 Å². The standard InChI is InChI=1S/C26H21NO/c28-26-17-24(20-9-2-1-3-10-20)22-14-6-5-12-21(22)18-27(26)25-16-8-13-19-11-4-7-15-23(19)25/h1-16,24H,17-18H2. The van der Waals surface area contributed by atoms with E-state index in [2.05, 4.69) is 72.8 Å². The van der Waals surface area contributed by atoms with E-state index in [4.69, 9.17) is 0 Å². The van der Waals surface area contributed by atoms with Gasteiger partial charge in [-0.2, -0.15) is 0 Å². The van der Waals surface area contributed by atoms with Gasteiger partial charge in [0.15, 0.2) is 0 Å². The zero-order valence-corrected chi connectivity index (χ0v) is 15.6. The summed E-state index contributed by atoms with van der Waals surface area (Å²) in [5, 5.41) is 2.28. The molecule has 0 saturated heterocycles. The average molecular weight is 363 g/mol. The summed E-state index contributed by atoms with van der Waals surface area (Å²) in [6, 6.07) is 33.3. The van der Waals surface area contributed by atoms with Crippen molar-refractivity contribution in [1.82, 2.24) is 0 Å². The number of carbonyl (C=O) groups excluding carboxylic acids is 1. The van der Waals surface area contributed by atoms with Crippen molar-refractivity contribution in [3.63, 3.8) is 0 Å². The Labute approximate surface area is 165 Å². The molecular weight excluding hydrogens is 342 g/mol. The number of nitrogens with zero attached hydrogens (tertiary/aromatic N) is 1. The third-order valence-electron chi connectivity index (χ3n) is 5.70. The lowest BCUT2D eigenvalue weighted by molar-refractivity contribution is -0.118. The Morgan fingerprint density at radius 3 is 2.32 bits per heavy atom. The lowest BCUT2D eigenvalue weighted by atomic mass is 9.86. The Morgan fingerprint density at radius 1 is 0.714 bits per heavy atom. The number of anilines is 1. The molecule has 1 aliphatic heterocycles. The molecule has 0 aliphatic carbocycles. The maximum Gasteiger partial charge on any atom is 0.228 e. The highest BCUT2D eigenvalue weighted by Gasteiger charge is 2.29. The molecule has 4 aromatic carbocycles. The van der Waals surface area contributed by atoms with Crippen molar-refractivity contribution in [2.75, 3.05) is 4.90 Å². The lowest BCUT2D eigenvalue weighted by Gasteiger charge is -2.23. The van der Waals surface area contributed by atoms with Crippen LogP contribution in [0.3, 0.4) is 0 Å². The van der Waals surface area contributed by atoms with Crippen molar-refractivity contribution in [3.8, 4) is 0 Å². The molecule has 1 heterocycles. The van der Waals surface area contributed by atoms with Crippen LogP contribution in [0.1, 0.15) is 29.0 Å². The van der Waals surface area contributed by atoms with Gasteiger partial charge in [0.05, 0.1) is 12.2 Å². The molecule has 28 heavy (non-hydrogen) atoms. The van der Waals surface area contributed by atoms with Gasteiger partial charge in [0, 0.05) is 17.7 Å². The van der Waals surface area contributed by atoms with E-state index in [0.29, 0.717) is 13.0 Å². The van der Waals surface area contributed by atoms with Gasteiger partial charge < -0.3 is 4.90 Å².